The molecule has 0 aromatic rings. The van der Waals surface area contributed by atoms with Gasteiger partial charge in [-0.1, -0.05) is 116 Å². The van der Waals surface area contributed by atoms with E-state index in [2.05, 4.69) is 26.0 Å². The van der Waals surface area contributed by atoms with E-state index in [9.17, 15) is 9.59 Å². The maximum Gasteiger partial charge on any atom is 0.306 e. The van der Waals surface area contributed by atoms with E-state index in [1.54, 1.807) is 0 Å². The first-order valence-corrected chi connectivity index (χ1v) is 15.7. The number of hydrogen-bond acceptors (Lipinski definition) is 3. The number of hydrogen-bond donors (Lipinski definition) is 1. The molecule has 0 amide bonds. The van der Waals surface area contributed by atoms with Gasteiger partial charge in [-0.15, -0.1) is 0 Å². The summed E-state index contributed by atoms with van der Waals surface area (Å²) in [5.74, 6) is -0.709. The molecule has 36 heavy (non-hydrogen) atoms. The number of rotatable bonds is 28. The normalized spacial score (nSPS) is 12.3. The van der Waals surface area contributed by atoms with Crippen LogP contribution in [0, 0.1) is 0 Å². The van der Waals surface area contributed by atoms with E-state index in [1.807, 2.05) is 0 Å². The first kappa shape index (κ1) is 34.7. The van der Waals surface area contributed by atoms with E-state index in [-0.39, 0.29) is 18.5 Å². The Kier molecular flexibility index (Phi) is 27.2. The van der Waals surface area contributed by atoms with Crippen LogP contribution in [0.5, 0.6) is 0 Å². The van der Waals surface area contributed by atoms with Crippen LogP contribution in [-0.4, -0.2) is 23.1 Å². The van der Waals surface area contributed by atoms with Gasteiger partial charge in [-0.05, 0) is 57.8 Å². The molecule has 0 spiro atoms. The molecule has 1 N–H and O–H groups in total. The summed E-state index contributed by atoms with van der Waals surface area (Å²) in [6.07, 6.45) is 32.5. The fourth-order valence-electron chi connectivity index (χ4n) is 4.63. The van der Waals surface area contributed by atoms with Crippen LogP contribution in [0.3, 0.4) is 0 Å². The van der Waals surface area contributed by atoms with Gasteiger partial charge < -0.3 is 9.84 Å². The fraction of sp³-hybridized carbons (Fsp3) is 0.875. The second kappa shape index (κ2) is 28.3. The highest BCUT2D eigenvalue weighted by molar-refractivity contribution is 5.69. The van der Waals surface area contributed by atoms with Crippen LogP contribution in [0.15, 0.2) is 12.2 Å². The Balaban J connectivity index is 3.68. The zero-order chi connectivity index (χ0) is 26.5. The third kappa shape index (κ3) is 27.3. The lowest BCUT2D eigenvalue weighted by molar-refractivity contribution is -0.150. The number of allylic oxidation sites excluding steroid dienone is 2. The molecule has 0 aromatic carbocycles. The second-order valence-corrected chi connectivity index (χ2v) is 10.6. The highest BCUT2D eigenvalue weighted by Crippen LogP contribution is 2.17. The van der Waals surface area contributed by atoms with Crippen LogP contribution in [0.25, 0.3) is 0 Å². The number of carboxylic acid groups (broad SMARTS) is 1. The molecule has 0 bridgehead atoms. The molecule has 0 aromatic heterocycles. The van der Waals surface area contributed by atoms with E-state index in [0.717, 1.165) is 77.0 Å². The quantitative estimate of drug-likeness (QED) is 0.0648. The Bertz CT molecular complexity index is 514. The molecule has 0 saturated carbocycles. The molecule has 4 nitrogen and oxygen atoms in total. The summed E-state index contributed by atoms with van der Waals surface area (Å²) in [7, 11) is 0. The predicted octanol–water partition coefficient (Wildman–Crippen LogP) is 10.3. The van der Waals surface area contributed by atoms with Gasteiger partial charge >= 0.3 is 11.9 Å². The molecule has 0 heterocycles. The Morgan fingerprint density at radius 2 is 1.03 bits per heavy atom. The molecule has 4 heteroatoms. The van der Waals surface area contributed by atoms with Gasteiger partial charge in [0.1, 0.15) is 6.10 Å². The van der Waals surface area contributed by atoms with Crippen molar-refractivity contribution < 1.29 is 19.4 Å². The molecule has 212 valence electrons. The lowest BCUT2D eigenvalue weighted by Gasteiger charge is -2.18. The molecule has 0 aliphatic rings. The van der Waals surface area contributed by atoms with Gasteiger partial charge in [-0.3, -0.25) is 9.59 Å². The summed E-state index contributed by atoms with van der Waals surface area (Å²) < 4.78 is 5.83. The molecular formula is C32H60O4. The van der Waals surface area contributed by atoms with Crippen molar-refractivity contribution in [1.29, 1.82) is 0 Å². The van der Waals surface area contributed by atoms with Gasteiger partial charge in [0.05, 0.1) is 0 Å². The highest BCUT2D eigenvalue weighted by atomic mass is 16.5. The van der Waals surface area contributed by atoms with Crippen LogP contribution >= 0.6 is 0 Å². The molecule has 0 radical (unpaired) electrons. The first-order valence-electron chi connectivity index (χ1n) is 15.7. The zero-order valence-electron chi connectivity index (χ0n) is 24.1. The van der Waals surface area contributed by atoms with Crippen LogP contribution in [0.2, 0.25) is 0 Å². The third-order valence-corrected chi connectivity index (χ3v) is 6.99. The van der Waals surface area contributed by atoms with E-state index < -0.39 is 5.97 Å². The van der Waals surface area contributed by atoms with E-state index >= 15 is 0 Å². The van der Waals surface area contributed by atoms with Crippen LogP contribution in [0.4, 0.5) is 0 Å². The Hall–Kier alpha value is -1.32. The number of carbonyl (C=O) groups is 2. The maximum atomic E-state index is 12.3. The molecule has 1 unspecified atom stereocenters. The largest absolute Gasteiger partial charge is 0.481 e. The van der Waals surface area contributed by atoms with Crippen molar-refractivity contribution in [3.8, 4) is 0 Å². The lowest BCUT2D eigenvalue weighted by Crippen LogP contribution is -2.18. The number of ether oxygens (including phenoxy) is 1. The monoisotopic (exact) mass is 508 g/mol. The molecule has 0 saturated heterocycles. The van der Waals surface area contributed by atoms with Crippen LogP contribution < -0.4 is 0 Å². The average molecular weight is 509 g/mol. The minimum atomic E-state index is -0.697. The van der Waals surface area contributed by atoms with Crippen LogP contribution in [0.1, 0.15) is 174 Å². The van der Waals surface area contributed by atoms with Crippen LogP contribution in [-0.2, 0) is 14.3 Å². The van der Waals surface area contributed by atoms with Crippen molar-refractivity contribution in [1.82, 2.24) is 0 Å². The number of aliphatic carboxylic acids is 1. The van der Waals surface area contributed by atoms with Crippen molar-refractivity contribution in [3.63, 3.8) is 0 Å². The number of carbonyl (C=O) groups excluding carboxylic acids is 1. The minimum Gasteiger partial charge on any atom is -0.481 e. The predicted molar refractivity (Wildman–Crippen MR) is 153 cm³/mol. The molecule has 0 rings (SSSR count). The third-order valence-electron chi connectivity index (χ3n) is 6.99. The van der Waals surface area contributed by atoms with E-state index in [4.69, 9.17) is 9.84 Å². The van der Waals surface area contributed by atoms with Gasteiger partial charge in [0.15, 0.2) is 0 Å². The summed E-state index contributed by atoms with van der Waals surface area (Å²) in [6.45, 7) is 4.45. The number of unbranched alkanes of at least 4 members (excludes halogenated alkanes) is 17. The van der Waals surface area contributed by atoms with Gasteiger partial charge in [-0.25, -0.2) is 0 Å². The Morgan fingerprint density at radius 3 is 1.58 bits per heavy atom. The number of carboxylic acids is 1. The van der Waals surface area contributed by atoms with E-state index in [1.165, 1.54) is 70.6 Å². The van der Waals surface area contributed by atoms with Crippen molar-refractivity contribution in [2.75, 3.05) is 0 Å². The molecule has 1 atom stereocenters. The van der Waals surface area contributed by atoms with Crippen molar-refractivity contribution >= 4 is 11.9 Å². The van der Waals surface area contributed by atoms with Crippen molar-refractivity contribution in [3.05, 3.63) is 12.2 Å². The summed E-state index contributed by atoms with van der Waals surface area (Å²) >= 11 is 0. The Morgan fingerprint density at radius 1 is 0.583 bits per heavy atom. The summed E-state index contributed by atoms with van der Waals surface area (Å²) in [6, 6.07) is 0. The molecular weight excluding hydrogens is 448 g/mol. The summed E-state index contributed by atoms with van der Waals surface area (Å²) in [5.41, 5.74) is 0. The van der Waals surface area contributed by atoms with Gasteiger partial charge in [0, 0.05) is 12.8 Å². The number of esters is 1. The standard InChI is InChI=1S/C32H60O4/c1-3-5-7-8-9-10-11-12-13-14-15-16-17-22-25-29-32(35)36-30(26-6-4-2)27-23-20-18-19-21-24-28-31(33)34/h12-13,30H,3-11,14-29H2,1-2H3,(H,33,34)/b13-12-. The average Bonchev–Trinajstić information content (AvgIpc) is 2.86. The zero-order valence-corrected chi connectivity index (χ0v) is 24.1. The van der Waals surface area contributed by atoms with Gasteiger partial charge in [-0.2, -0.15) is 0 Å². The topological polar surface area (TPSA) is 63.6 Å². The van der Waals surface area contributed by atoms with Crippen molar-refractivity contribution in [2.45, 2.75) is 180 Å². The van der Waals surface area contributed by atoms with E-state index in [0.29, 0.717) is 6.42 Å². The van der Waals surface area contributed by atoms with Gasteiger partial charge in [0.25, 0.3) is 0 Å². The smallest absolute Gasteiger partial charge is 0.306 e. The molecule has 0 fully saturated rings. The maximum absolute atomic E-state index is 12.3. The first-order chi connectivity index (χ1) is 17.6. The summed E-state index contributed by atoms with van der Waals surface area (Å²) in [5, 5.41) is 8.68. The van der Waals surface area contributed by atoms with Gasteiger partial charge in [0.2, 0.25) is 0 Å². The SMILES string of the molecule is CCCCCCCC/C=C\CCCCCCCC(=O)OC(CCCC)CCCCCCCCC(=O)O. The van der Waals surface area contributed by atoms with Crippen molar-refractivity contribution in [2.24, 2.45) is 0 Å². The Labute approximate surface area is 224 Å². The molecule has 0 aliphatic heterocycles. The second-order valence-electron chi connectivity index (χ2n) is 10.6. The minimum absolute atomic E-state index is 0.0117. The summed E-state index contributed by atoms with van der Waals surface area (Å²) in [4.78, 5) is 22.9. The molecule has 0 aliphatic carbocycles. The fourth-order valence-corrected chi connectivity index (χ4v) is 4.63. The lowest BCUT2D eigenvalue weighted by atomic mass is 10.0. The highest BCUT2D eigenvalue weighted by Gasteiger charge is 2.13.